The molecule has 0 saturated heterocycles. The Balaban J connectivity index is 1.42. The van der Waals surface area contributed by atoms with Gasteiger partial charge in [0, 0.05) is 18.3 Å². The second kappa shape index (κ2) is 6.82. The summed E-state index contributed by atoms with van der Waals surface area (Å²) < 4.78 is 18.8. The van der Waals surface area contributed by atoms with Crippen LogP contribution in [0.1, 0.15) is 53.1 Å². The van der Waals surface area contributed by atoms with Gasteiger partial charge < -0.3 is 10.1 Å². The summed E-state index contributed by atoms with van der Waals surface area (Å²) in [6, 6.07) is 8.02. The molecule has 1 heterocycles. The van der Waals surface area contributed by atoms with Crippen LogP contribution >= 0.6 is 0 Å². The molecule has 2 aliphatic carbocycles. The van der Waals surface area contributed by atoms with Crippen LogP contribution in [0.5, 0.6) is 5.88 Å². The third kappa shape index (κ3) is 4.16. The Labute approximate surface area is 146 Å². The van der Waals surface area contributed by atoms with Crippen LogP contribution in [0.4, 0.5) is 4.39 Å². The molecule has 4 rings (SSSR count). The fourth-order valence-electron chi connectivity index (χ4n) is 2.77. The number of carbonyl (C=O) groups is 1. The van der Waals surface area contributed by atoms with Crippen LogP contribution < -0.4 is 10.1 Å². The number of nitrogens with zero attached hydrogens (tertiary/aromatic N) is 1. The molecule has 0 spiro atoms. The number of aromatic nitrogens is 1. The predicted molar refractivity (Wildman–Crippen MR) is 92.0 cm³/mol. The highest BCUT2D eigenvalue weighted by atomic mass is 19.1. The topological polar surface area (TPSA) is 51.2 Å². The van der Waals surface area contributed by atoms with Gasteiger partial charge in [0.05, 0.1) is 12.2 Å². The molecule has 2 aliphatic rings. The van der Waals surface area contributed by atoms with E-state index in [0.29, 0.717) is 29.8 Å². The smallest absolute Gasteiger partial charge is 0.253 e. The minimum atomic E-state index is -0.282. The molecular formula is C20H21FN2O2. The van der Waals surface area contributed by atoms with Gasteiger partial charge in [-0.15, -0.1) is 0 Å². The first-order chi connectivity index (χ1) is 12.2. The number of nitrogens with one attached hydrogen (secondary N) is 1. The summed E-state index contributed by atoms with van der Waals surface area (Å²) in [6.07, 6.45) is 6.31. The van der Waals surface area contributed by atoms with Crippen molar-refractivity contribution >= 4 is 5.91 Å². The summed E-state index contributed by atoms with van der Waals surface area (Å²) in [6.45, 7) is 1.08. The SMILES string of the molecule is O=C(NCc1ccc(F)cc1)c1cnc(OCC2CC2)c(C2CC2)c1. The zero-order valence-electron chi connectivity index (χ0n) is 14.0. The average molecular weight is 340 g/mol. The van der Waals surface area contributed by atoms with Crippen molar-refractivity contribution in [3.05, 3.63) is 59.0 Å². The maximum atomic E-state index is 12.9. The number of benzene rings is 1. The maximum Gasteiger partial charge on any atom is 0.253 e. The van der Waals surface area contributed by atoms with Gasteiger partial charge in [-0.1, -0.05) is 12.1 Å². The van der Waals surface area contributed by atoms with Crippen LogP contribution in [0.3, 0.4) is 0 Å². The van der Waals surface area contributed by atoms with Crippen LogP contribution in [0, 0.1) is 11.7 Å². The van der Waals surface area contributed by atoms with Gasteiger partial charge in [0.1, 0.15) is 5.82 Å². The quantitative estimate of drug-likeness (QED) is 0.834. The molecule has 2 saturated carbocycles. The lowest BCUT2D eigenvalue weighted by atomic mass is 10.1. The van der Waals surface area contributed by atoms with Gasteiger partial charge in [-0.3, -0.25) is 4.79 Å². The Morgan fingerprint density at radius 3 is 2.64 bits per heavy atom. The van der Waals surface area contributed by atoms with E-state index in [9.17, 15) is 9.18 Å². The first-order valence-electron chi connectivity index (χ1n) is 8.84. The Morgan fingerprint density at radius 1 is 1.20 bits per heavy atom. The van der Waals surface area contributed by atoms with Crippen LogP contribution in [-0.2, 0) is 6.54 Å². The van der Waals surface area contributed by atoms with Gasteiger partial charge in [-0.25, -0.2) is 9.37 Å². The highest BCUT2D eigenvalue weighted by Gasteiger charge is 2.30. The van der Waals surface area contributed by atoms with Crippen LogP contribution in [0.2, 0.25) is 0 Å². The van der Waals surface area contributed by atoms with Crippen molar-refractivity contribution in [2.75, 3.05) is 6.61 Å². The Kier molecular flexibility index (Phi) is 4.38. The van der Waals surface area contributed by atoms with Gasteiger partial charge >= 0.3 is 0 Å². The largest absolute Gasteiger partial charge is 0.477 e. The van der Waals surface area contributed by atoms with E-state index in [1.54, 1.807) is 18.3 Å². The highest BCUT2D eigenvalue weighted by molar-refractivity contribution is 5.94. The number of ether oxygens (including phenoxy) is 1. The van der Waals surface area contributed by atoms with Crippen molar-refractivity contribution in [2.24, 2.45) is 5.92 Å². The number of amides is 1. The molecule has 2 aromatic rings. The van der Waals surface area contributed by atoms with Crippen molar-refractivity contribution in [1.29, 1.82) is 0 Å². The minimum Gasteiger partial charge on any atom is -0.477 e. The molecule has 2 fully saturated rings. The lowest BCUT2D eigenvalue weighted by Crippen LogP contribution is -2.23. The second-order valence-corrected chi connectivity index (χ2v) is 6.96. The molecule has 0 aliphatic heterocycles. The van der Waals surface area contributed by atoms with E-state index in [2.05, 4.69) is 10.3 Å². The van der Waals surface area contributed by atoms with Crippen LogP contribution in [0.15, 0.2) is 36.5 Å². The van der Waals surface area contributed by atoms with E-state index >= 15 is 0 Å². The van der Waals surface area contributed by atoms with Gasteiger partial charge in [0.25, 0.3) is 5.91 Å². The molecule has 1 aromatic heterocycles. The molecule has 130 valence electrons. The van der Waals surface area contributed by atoms with Crippen molar-refractivity contribution < 1.29 is 13.9 Å². The van der Waals surface area contributed by atoms with E-state index < -0.39 is 0 Å². The fraction of sp³-hybridized carbons (Fsp3) is 0.400. The monoisotopic (exact) mass is 340 g/mol. The van der Waals surface area contributed by atoms with Gasteiger partial charge in [-0.2, -0.15) is 0 Å². The average Bonchev–Trinajstić information content (AvgIpc) is 3.53. The first-order valence-corrected chi connectivity index (χ1v) is 8.84. The Hall–Kier alpha value is -2.43. The lowest BCUT2D eigenvalue weighted by molar-refractivity contribution is 0.0950. The molecule has 1 N–H and O–H groups in total. The number of pyridine rings is 1. The first kappa shape index (κ1) is 16.1. The minimum absolute atomic E-state index is 0.174. The van der Waals surface area contributed by atoms with Crippen molar-refractivity contribution in [2.45, 2.75) is 38.1 Å². The molecule has 1 amide bonds. The maximum absolute atomic E-state index is 12.9. The fourth-order valence-corrected chi connectivity index (χ4v) is 2.77. The molecule has 5 heteroatoms. The normalized spacial score (nSPS) is 16.5. The number of halogens is 1. The number of rotatable bonds is 7. The summed E-state index contributed by atoms with van der Waals surface area (Å²) in [4.78, 5) is 16.8. The summed E-state index contributed by atoms with van der Waals surface area (Å²) >= 11 is 0. The third-order valence-corrected chi connectivity index (χ3v) is 4.68. The molecule has 0 unspecified atom stereocenters. The second-order valence-electron chi connectivity index (χ2n) is 6.96. The van der Waals surface area contributed by atoms with E-state index in [4.69, 9.17) is 4.74 Å². The zero-order chi connectivity index (χ0) is 17.2. The van der Waals surface area contributed by atoms with E-state index in [1.807, 2.05) is 6.07 Å². The summed E-state index contributed by atoms with van der Waals surface area (Å²) in [5.74, 6) is 1.37. The van der Waals surface area contributed by atoms with Gasteiger partial charge in [0.2, 0.25) is 5.88 Å². The standard InChI is InChI=1S/C20H21FN2O2/c21-17-7-3-13(4-8-17)10-22-19(24)16-9-18(15-5-6-15)20(23-11-16)25-12-14-1-2-14/h3-4,7-9,11,14-15H,1-2,5-6,10,12H2,(H,22,24). The van der Waals surface area contributed by atoms with Crippen molar-refractivity contribution in [3.63, 3.8) is 0 Å². The lowest BCUT2D eigenvalue weighted by Gasteiger charge is -2.12. The summed E-state index contributed by atoms with van der Waals surface area (Å²) in [5, 5.41) is 2.86. The van der Waals surface area contributed by atoms with E-state index in [1.165, 1.54) is 25.0 Å². The Morgan fingerprint density at radius 2 is 1.96 bits per heavy atom. The molecule has 0 bridgehead atoms. The molecule has 25 heavy (non-hydrogen) atoms. The molecule has 0 atom stereocenters. The zero-order valence-corrected chi connectivity index (χ0v) is 14.0. The predicted octanol–water partition coefficient (Wildman–Crippen LogP) is 3.82. The number of carbonyl (C=O) groups excluding carboxylic acids is 1. The number of hydrogen-bond acceptors (Lipinski definition) is 3. The number of hydrogen-bond donors (Lipinski definition) is 1. The molecule has 0 radical (unpaired) electrons. The van der Waals surface area contributed by atoms with Gasteiger partial charge in [0.15, 0.2) is 0 Å². The molecular weight excluding hydrogens is 319 g/mol. The van der Waals surface area contributed by atoms with Crippen molar-refractivity contribution in [3.8, 4) is 5.88 Å². The third-order valence-electron chi connectivity index (χ3n) is 4.68. The van der Waals surface area contributed by atoms with Crippen LogP contribution in [0.25, 0.3) is 0 Å². The van der Waals surface area contributed by atoms with E-state index in [0.717, 1.165) is 30.6 Å². The van der Waals surface area contributed by atoms with Crippen LogP contribution in [-0.4, -0.2) is 17.5 Å². The Bertz CT molecular complexity index is 768. The summed E-state index contributed by atoms with van der Waals surface area (Å²) in [7, 11) is 0. The van der Waals surface area contributed by atoms with E-state index in [-0.39, 0.29) is 11.7 Å². The molecule has 4 nitrogen and oxygen atoms in total. The summed E-state index contributed by atoms with van der Waals surface area (Å²) in [5.41, 5.74) is 2.45. The highest BCUT2D eigenvalue weighted by Crippen LogP contribution is 2.44. The van der Waals surface area contributed by atoms with Gasteiger partial charge in [-0.05, 0) is 61.3 Å². The molecule has 1 aromatic carbocycles. The van der Waals surface area contributed by atoms with Crippen molar-refractivity contribution in [1.82, 2.24) is 10.3 Å².